The maximum absolute atomic E-state index is 5.95. The van der Waals surface area contributed by atoms with Crippen LogP contribution in [0, 0.1) is 5.92 Å². The Morgan fingerprint density at radius 1 is 1.44 bits per heavy atom. The first-order valence-electron chi connectivity index (χ1n) is 7.22. The lowest BCUT2D eigenvalue weighted by molar-refractivity contribution is 0.0142. The topological polar surface area (TPSA) is 34.4 Å². The lowest BCUT2D eigenvalue weighted by atomic mass is 9.85. The van der Waals surface area contributed by atoms with Gasteiger partial charge in [0, 0.05) is 18.7 Å². The summed E-state index contributed by atoms with van der Waals surface area (Å²) in [6.07, 6.45) is 10.5. The number of furan rings is 1. The Bertz CT molecular complexity index is 310. The Hall–Kier alpha value is -0.800. The van der Waals surface area contributed by atoms with Crippen molar-refractivity contribution in [1.82, 2.24) is 5.32 Å². The van der Waals surface area contributed by atoms with E-state index >= 15 is 0 Å². The first kappa shape index (κ1) is 13.6. The van der Waals surface area contributed by atoms with Gasteiger partial charge in [-0.25, -0.2) is 0 Å². The molecule has 0 bridgehead atoms. The van der Waals surface area contributed by atoms with Crippen LogP contribution in [0.1, 0.15) is 44.6 Å². The van der Waals surface area contributed by atoms with Crippen molar-refractivity contribution in [2.75, 3.05) is 13.2 Å². The van der Waals surface area contributed by atoms with Crippen LogP contribution in [0.2, 0.25) is 0 Å². The summed E-state index contributed by atoms with van der Waals surface area (Å²) in [7, 11) is 0. The molecule has 0 radical (unpaired) electrons. The van der Waals surface area contributed by atoms with Crippen LogP contribution in [-0.4, -0.2) is 19.3 Å². The van der Waals surface area contributed by atoms with Crippen molar-refractivity contribution in [3.05, 3.63) is 24.2 Å². The van der Waals surface area contributed by atoms with Crippen molar-refractivity contribution in [3.63, 3.8) is 0 Å². The average Bonchev–Trinajstić information content (AvgIpc) is 2.92. The van der Waals surface area contributed by atoms with Gasteiger partial charge in [0.25, 0.3) is 0 Å². The van der Waals surface area contributed by atoms with Gasteiger partial charge in [-0.15, -0.1) is 0 Å². The van der Waals surface area contributed by atoms with Crippen LogP contribution in [0.15, 0.2) is 23.0 Å². The number of nitrogens with one attached hydrogen (secondary N) is 1. The molecule has 102 valence electrons. The van der Waals surface area contributed by atoms with Gasteiger partial charge in [0.05, 0.1) is 25.2 Å². The van der Waals surface area contributed by atoms with Crippen LogP contribution < -0.4 is 5.32 Å². The second-order valence-electron chi connectivity index (χ2n) is 5.24. The molecular weight excluding hydrogens is 226 g/mol. The second-order valence-corrected chi connectivity index (χ2v) is 5.24. The van der Waals surface area contributed by atoms with E-state index in [0.717, 1.165) is 25.6 Å². The summed E-state index contributed by atoms with van der Waals surface area (Å²) in [5, 5.41) is 3.37. The van der Waals surface area contributed by atoms with Crippen LogP contribution in [0.25, 0.3) is 0 Å². The molecule has 0 spiro atoms. The van der Waals surface area contributed by atoms with Gasteiger partial charge >= 0.3 is 0 Å². The molecule has 18 heavy (non-hydrogen) atoms. The summed E-state index contributed by atoms with van der Waals surface area (Å²) in [6, 6.07) is 1.99. The number of ether oxygens (including phenoxy) is 1. The highest BCUT2D eigenvalue weighted by atomic mass is 16.5. The minimum Gasteiger partial charge on any atom is -0.472 e. The Balaban J connectivity index is 1.52. The highest BCUT2D eigenvalue weighted by molar-refractivity contribution is 5.04. The van der Waals surface area contributed by atoms with Gasteiger partial charge in [0.2, 0.25) is 0 Å². The smallest absolute Gasteiger partial charge is 0.0947 e. The zero-order valence-electron chi connectivity index (χ0n) is 11.4. The number of hydrogen-bond donors (Lipinski definition) is 1. The van der Waals surface area contributed by atoms with E-state index in [1.807, 2.05) is 6.07 Å². The number of rotatable bonds is 7. The predicted molar refractivity (Wildman–Crippen MR) is 72.4 cm³/mol. The summed E-state index contributed by atoms with van der Waals surface area (Å²) in [5.41, 5.74) is 1.19. The fourth-order valence-corrected chi connectivity index (χ4v) is 2.69. The maximum Gasteiger partial charge on any atom is 0.0947 e. The molecule has 2 unspecified atom stereocenters. The second kappa shape index (κ2) is 7.59. The van der Waals surface area contributed by atoms with Gasteiger partial charge in [0.1, 0.15) is 0 Å². The summed E-state index contributed by atoms with van der Waals surface area (Å²) >= 11 is 0. The van der Waals surface area contributed by atoms with Gasteiger partial charge in [-0.1, -0.05) is 26.2 Å². The fraction of sp³-hybridized carbons (Fsp3) is 0.733. The average molecular weight is 251 g/mol. The highest BCUT2D eigenvalue weighted by Gasteiger charge is 2.20. The van der Waals surface area contributed by atoms with E-state index < -0.39 is 0 Å². The molecule has 0 aromatic carbocycles. The molecule has 1 aliphatic rings. The first-order valence-corrected chi connectivity index (χ1v) is 7.22. The summed E-state index contributed by atoms with van der Waals surface area (Å²) in [5.74, 6) is 0.891. The largest absolute Gasteiger partial charge is 0.472 e. The minimum atomic E-state index is 0.499. The number of hydrogen-bond acceptors (Lipinski definition) is 3. The van der Waals surface area contributed by atoms with E-state index in [4.69, 9.17) is 9.15 Å². The monoisotopic (exact) mass is 251 g/mol. The molecule has 2 atom stereocenters. The van der Waals surface area contributed by atoms with Crippen molar-refractivity contribution < 1.29 is 9.15 Å². The third-order valence-electron chi connectivity index (χ3n) is 3.85. The molecule has 1 aliphatic carbocycles. The van der Waals surface area contributed by atoms with Crippen LogP contribution in [-0.2, 0) is 11.3 Å². The van der Waals surface area contributed by atoms with Crippen molar-refractivity contribution in [1.29, 1.82) is 0 Å². The van der Waals surface area contributed by atoms with Crippen LogP contribution in [0.5, 0.6) is 0 Å². The van der Waals surface area contributed by atoms with E-state index in [1.165, 1.54) is 37.7 Å². The van der Waals surface area contributed by atoms with Crippen molar-refractivity contribution in [2.45, 2.75) is 51.7 Å². The third kappa shape index (κ3) is 4.46. The van der Waals surface area contributed by atoms with Gasteiger partial charge in [-0.3, -0.25) is 0 Å². The van der Waals surface area contributed by atoms with E-state index in [9.17, 15) is 0 Å². The third-order valence-corrected chi connectivity index (χ3v) is 3.85. The van der Waals surface area contributed by atoms with E-state index in [0.29, 0.717) is 6.10 Å². The van der Waals surface area contributed by atoms with Crippen molar-refractivity contribution >= 4 is 0 Å². The maximum atomic E-state index is 5.95. The normalized spacial score (nSPS) is 24.3. The Labute approximate surface area is 110 Å². The molecule has 0 aliphatic heterocycles. The molecule has 1 fully saturated rings. The van der Waals surface area contributed by atoms with Crippen molar-refractivity contribution in [2.24, 2.45) is 5.92 Å². The molecular formula is C15H25NO2. The SMILES string of the molecule is CCC1CCCC(OCCNCc2ccoc2)C1. The van der Waals surface area contributed by atoms with Gasteiger partial charge in [-0.05, 0) is 24.8 Å². The van der Waals surface area contributed by atoms with Gasteiger partial charge in [-0.2, -0.15) is 0 Å². The Morgan fingerprint density at radius 3 is 3.17 bits per heavy atom. The molecule has 0 saturated heterocycles. The molecule has 1 aromatic heterocycles. The summed E-state index contributed by atoms with van der Waals surface area (Å²) in [6.45, 7) is 4.89. The zero-order valence-corrected chi connectivity index (χ0v) is 11.4. The zero-order chi connectivity index (χ0) is 12.6. The molecule has 1 N–H and O–H groups in total. The first-order chi connectivity index (χ1) is 8.88. The molecule has 1 heterocycles. The lowest BCUT2D eigenvalue weighted by Crippen LogP contribution is -2.26. The molecule has 2 rings (SSSR count). The van der Waals surface area contributed by atoms with Gasteiger partial charge in [0.15, 0.2) is 0 Å². The molecule has 3 nitrogen and oxygen atoms in total. The minimum absolute atomic E-state index is 0.499. The van der Waals surface area contributed by atoms with Crippen LogP contribution in [0.3, 0.4) is 0 Å². The lowest BCUT2D eigenvalue weighted by Gasteiger charge is -2.28. The summed E-state index contributed by atoms with van der Waals surface area (Å²) < 4.78 is 11.0. The highest BCUT2D eigenvalue weighted by Crippen LogP contribution is 2.28. The molecule has 0 amide bonds. The Morgan fingerprint density at radius 2 is 2.39 bits per heavy atom. The van der Waals surface area contributed by atoms with E-state index in [-0.39, 0.29) is 0 Å². The quantitative estimate of drug-likeness (QED) is 0.755. The Kier molecular flexibility index (Phi) is 5.75. The fourth-order valence-electron chi connectivity index (χ4n) is 2.69. The molecule has 3 heteroatoms. The van der Waals surface area contributed by atoms with Gasteiger partial charge < -0.3 is 14.5 Å². The standard InChI is InChI=1S/C15H25NO2/c1-2-13-4-3-5-15(10-13)18-9-7-16-11-14-6-8-17-12-14/h6,8,12-13,15-16H,2-5,7,9-11H2,1H3. The predicted octanol–water partition coefficient (Wildman–Crippen LogP) is 3.35. The molecule has 1 aromatic rings. The van der Waals surface area contributed by atoms with E-state index in [1.54, 1.807) is 12.5 Å². The van der Waals surface area contributed by atoms with Crippen molar-refractivity contribution in [3.8, 4) is 0 Å². The van der Waals surface area contributed by atoms with Crippen LogP contribution >= 0.6 is 0 Å². The van der Waals surface area contributed by atoms with Crippen LogP contribution in [0.4, 0.5) is 0 Å². The molecule has 1 saturated carbocycles. The van der Waals surface area contributed by atoms with E-state index in [2.05, 4.69) is 12.2 Å². The summed E-state index contributed by atoms with van der Waals surface area (Å²) in [4.78, 5) is 0.